The van der Waals surface area contributed by atoms with E-state index >= 15 is 0 Å². The van der Waals surface area contributed by atoms with Crippen LogP contribution in [0.1, 0.15) is 33.7 Å². The van der Waals surface area contributed by atoms with E-state index in [4.69, 9.17) is 0 Å². The third-order valence-electron chi connectivity index (χ3n) is 4.71. The molecule has 0 aromatic carbocycles. The summed E-state index contributed by atoms with van der Waals surface area (Å²) in [6, 6.07) is 5.74. The van der Waals surface area contributed by atoms with Crippen molar-refractivity contribution in [3.05, 3.63) is 40.8 Å². The van der Waals surface area contributed by atoms with Gasteiger partial charge in [0.25, 0.3) is 5.91 Å². The molecule has 3 heterocycles. The van der Waals surface area contributed by atoms with E-state index in [1.165, 1.54) is 0 Å². The summed E-state index contributed by atoms with van der Waals surface area (Å²) >= 11 is 0. The second-order valence-electron chi connectivity index (χ2n) is 6.29. The van der Waals surface area contributed by atoms with Gasteiger partial charge >= 0.3 is 0 Å². The third kappa shape index (κ3) is 3.20. The van der Waals surface area contributed by atoms with E-state index in [0.29, 0.717) is 36.6 Å². The van der Waals surface area contributed by atoms with Gasteiger partial charge in [0.05, 0.1) is 16.8 Å². The van der Waals surface area contributed by atoms with Crippen LogP contribution in [-0.2, 0) is 7.05 Å². The molecule has 7 nitrogen and oxygen atoms in total. The Kier molecular flexibility index (Phi) is 4.70. The zero-order chi connectivity index (χ0) is 18.0. The van der Waals surface area contributed by atoms with Crippen LogP contribution in [0.25, 0.3) is 0 Å². The molecule has 0 N–H and O–H groups in total. The molecular weight excluding hydrogens is 316 g/mol. The van der Waals surface area contributed by atoms with Crippen molar-refractivity contribution in [2.24, 2.45) is 7.05 Å². The van der Waals surface area contributed by atoms with Gasteiger partial charge in [0.1, 0.15) is 11.9 Å². The van der Waals surface area contributed by atoms with Gasteiger partial charge in [-0.05, 0) is 32.4 Å². The summed E-state index contributed by atoms with van der Waals surface area (Å²) in [6.45, 7) is 6.53. The summed E-state index contributed by atoms with van der Waals surface area (Å²) in [7, 11) is 1.85. The van der Waals surface area contributed by atoms with Gasteiger partial charge in [-0.1, -0.05) is 0 Å². The SMILES string of the molecule is Cc1nn(C)c(C)c1C(=O)N1CCCN(c2ncccc2C#N)CC1. The first-order valence-corrected chi connectivity index (χ1v) is 8.42. The predicted octanol–water partition coefficient (Wildman–Crippen LogP) is 1.66. The summed E-state index contributed by atoms with van der Waals surface area (Å²) in [4.78, 5) is 21.3. The molecule has 1 fully saturated rings. The van der Waals surface area contributed by atoms with Gasteiger partial charge in [0.15, 0.2) is 0 Å². The van der Waals surface area contributed by atoms with Crippen molar-refractivity contribution in [3.8, 4) is 6.07 Å². The molecule has 0 spiro atoms. The van der Waals surface area contributed by atoms with Crippen molar-refractivity contribution in [2.45, 2.75) is 20.3 Å². The molecule has 1 aliphatic rings. The fraction of sp³-hybridized carbons (Fsp3) is 0.444. The number of pyridine rings is 1. The Morgan fingerprint density at radius 3 is 2.72 bits per heavy atom. The number of aryl methyl sites for hydroxylation is 2. The highest BCUT2D eigenvalue weighted by atomic mass is 16.2. The monoisotopic (exact) mass is 338 g/mol. The second kappa shape index (κ2) is 6.93. The van der Waals surface area contributed by atoms with Crippen molar-refractivity contribution in [3.63, 3.8) is 0 Å². The van der Waals surface area contributed by atoms with Gasteiger partial charge in [-0.15, -0.1) is 0 Å². The van der Waals surface area contributed by atoms with E-state index in [1.54, 1.807) is 23.0 Å². The smallest absolute Gasteiger partial charge is 0.257 e. The van der Waals surface area contributed by atoms with Crippen molar-refractivity contribution in [1.29, 1.82) is 5.26 Å². The number of hydrogen-bond donors (Lipinski definition) is 0. The minimum atomic E-state index is 0.0338. The molecule has 3 rings (SSSR count). The Labute approximate surface area is 147 Å². The van der Waals surface area contributed by atoms with Crippen LogP contribution < -0.4 is 4.90 Å². The van der Waals surface area contributed by atoms with Crippen LogP contribution in [-0.4, -0.2) is 51.8 Å². The van der Waals surface area contributed by atoms with Crippen LogP contribution in [0.4, 0.5) is 5.82 Å². The first kappa shape index (κ1) is 17.0. The topological polar surface area (TPSA) is 78.1 Å². The molecule has 25 heavy (non-hydrogen) atoms. The van der Waals surface area contributed by atoms with E-state index in [9.17, 15) is 10.1 Å². The third-order valence-corrected chi connectivity index (χ3v) is 4.71. The summed E-state index contributed by atoms with van der Waals surface area (Å²) in [6.07, 6.45) is 2.54. The summed E-state index contributed by atoms with van der Waals surface area (Å²) < 4.78 is 1.75. The standard InChI is InChI=1S/C18H22N6O/c1-13-16(14(2)22(3)21-13)18(25)24-9-5-8-23(10-11-24)17-15(12-19)6-4-7-20-17/h4,6-7H,5,8-11H2,1-3H3. The molecule has 1 aliphatic heterocycles. The normalized spacial score (nSPS) is 15.0. The molecule has 2 aromatic rings. The highest BCUT2D eigenvalue weighted by Gasteiger charge is 2.26. The maximum absolute atomic E-state index is 13.0. The summed E-state index contributed by atoms with van der Waals surface area (Å²) in [5.41, 5.74) is 2.93. The number of nitriles is 1. The Balaban J connectivity index is 1.78. The predicted molar refractivity (Wildman–Crippen MR) is 94.4 cm³/mol. The Hall–Kier alpha value is -2.88. The Morgan fingerprint density at radius 1 is 1.24 bits per heavy atom. The fourth-order valence-electron chi connectivity index (χ4n) is 3.31. The lowest BCUT2D eigenvalue weighted by Gasteiger charge is -2.23. The number of amides is 1. The van der Waals surface area contributed by atoms with Gasteiger partial charge in [0, 0.05) is 45.1 Å². The zero-order valence-electron chi connectivity index (χ0n) is 14.9. The van der Waals surface area contributed by atoms with Crippen LogP contribution in [0, 0.1) is 25.2 Å². The average Bonchev–Trinajstić information content (AvgIpc) is 2.80. The van der Waals surface area contributed by atoms with Crippen molar-refractivity contribution in [2.75, 3.05) is 31.1 Å². The Bertz CT molecular complexity index is 835. The average molecular weight is 338 g/mol. The minimum Gasteiger partial charge on any atom is -0.354 e. The summed E-state index contributed by atoms with van der Waals surface area (Å²) in [5.74, 6) is 0.736. The summed E-state index contributed by atoms with van der Waals surface area (Å²) in [5, 5.41) is 13.6. The molecule has 2 aromatic heterocycles. The lowest BCUT2D eigenvalue weighted by atomic mass is 10.1. The van der Waals surface area contributed by atoms with Gasteiger partial charge in [-0.2, -0.15) is 10.4 Å². The molecule has 0 radical (unpaired) electrons. The molecule has 130 valence electrons. The first-order chi connectivity index (χ1) is 12.0. The van der Waals surface area contributed by atoms with E-state index in [1.807, 2.05) is 25.8 Å². The van der Waals surface area contributed by atoms with Crippen LogP contribution in [0.5, 0.6) is 0 Å². The molecule has 0 bridgehead atoms. The van der Waals surface area contributed by atoms with E-state index in [0.717, 1.165) is 24.4 Å². The maximum atomic E-state index is 13.0. The maximum Gasteiger partial charge on any atom is 0.257 e. The van der Waals surface area contributed by atoms with Crippen molar-refractivity contribution < 1.29 is 4.79 Å². The van der Waals surface area contributed by atoms with E-state index < -0.39 is 0 Å². The molecular formula is C18H22N6O. The minimum absolute atomic E-state index is 0.0338. The number of hydrogen-bond acceptors (Lipinski definition) is 5. The van der Waals surface area contributed by atoms with Crippen molar-refractivity contribution in [1.82, 2.24) is 19.7 Å². The number of nitrogens with zero attached hydrogens (tertiary/aromatic N) is 6. The molecule has 0 aliphatic carbocycles. The van der Waals surface area contributed by atoms with Crippen LogP contribution in [0.3, 0.4) is 0 Å². The van der Waals surface area contributed by atoms with Crippen molar-refractivity contribution >= 4 is 11.7 Å². The lowest BCUT2D eigenvalue weighted by Crippen LogP contribution is -2.36. The van der Waals surface area contributed by atoms with Gasteiger partial charge in [-0.25, -0.2) is 4.98 Å². The van der Waals surface area contributed by atoms with E-state index in [2.05, 4.69) is 21.1 Å². The number of carbonyl (C=O) groups excluding carboxylic acids is 1. The zero-order valence-corrected chi connectivity index (χ0v) is 14.9. The highest BCUT2D eigenvalue weighted by Crippen LogP contribution is 2.20. The second-order valence-corrected chi connectivity index (χ2v) is 6.29. The molecule has 0 saturated carbocycles. The molecule has 1 amide bonds. The fourth-order valence-corrected chi connectivity index (χ4v) is 3.31. The largest absolute Gasteiger partial charge is 0.354 e. The van der Waals surface area contributed by atoms with Crippen LogP contribution >= 0.6 is 0 Å². The van der Waals surface area contributed by atoms with Gasteiger partial charge < -0.3 is 9.80 Å². The Morgan fingerprint density at radius 2 is 2.04 bits per heavy atom. The highest BCUT2D eigenvalue weighted by molar-refractivity contribution is 5.96. The first-order valence-electron chi connectivity index (χ1n) is 8.42. The number of anilines is 1. The van der Waals surface area contributed by atoms with Gasteiger partial charge in [0.2, 0.25) is 0 Å². The lowest BCUT2D eigenvalue weighted by molar-refractivity contribution is 0.0765. The van der Waals surface area contributed by atoms with Gasteiger partial charge in [-0.3, -0.25) is 9.48 Å². The molecule has 7 heteroatoms. The van der Waals surface area contributed by atoms with E-state index in [-0.39, 0.29) is 5.91 Å². The van der Waals surface area contributed by atoms with Crippen LogP contribution in [0.15, 0.2) is 18.3 Å². The quantitative estimate of drug-likeness (QED) is 0.832. The number of rotatable bonds is 2. The molecule has 1 saturated heterocycles. The number of aromatic nitrogens is 3. The number of carbonyl (C=O) groups is 1. The molecule has 0 unspecified atom stereocenters. The molecule has 0 atom stereocenters. The van der Waals surface area contributed by atoms with Crippen LogP contribution in [0.2, 0.25) is 0 Å².